The highest BCUT2D eigenvalue weighted by Crippen LogP contribution is 2.17. The molecular weight excluding hydrogens is 284 g/mol. The van der Waals surface area contributed by atoms with Gasteiger partial charge >= 0.3 is 5.97 Å². The Balaban J connectivity index is 1.76. The third kappa shape index (κ3) is 4.68. The quantitative estimate of drug-likeness (QED) is 0.786. The molecular formula is C15H22N4O3. The maximum Gasteiger partial charge on any atom is 0.326 e. The van der Waals surface area contributed by atoms with Crippen LogP contribution in [0, 0.1) is 0 Å². The van der Waals surface area contributed by atoms with Crippen LogP contribution < -0.4 is 10.2 Å². The number of nitrogens with one attached hydrogen (secondary N) is 1. The van der Waals surface area contributed by atoms with Crippen LogP contribution >= 0.6 is 0 Å². The summed E-state index contributed by atoms with van der Waals surface area (Å²) in [5.74, 6) is -0.287. The molecule has 0 bridgehead atoms. The van der Waals surface area contributed by atoms with Crippen LogP contribution in [0.15, 0.2) is 18.5 Å². The molecule has 1 N–H and O–H groups in total. The second-order valence-electron chi connectivity index (χ2n) is 5.53. The molecule has 0 aliphatic heterocycles. The van der Waals surface area contributed by atoms with Crippen LogP contribution in [0.5, 0.6) is 0 Å². The van der Waals surface area contributed by atoms with E-state index < -0.39 is 12.1 Å². The van der Waals surface area contributed by atoms with Crippen molar-refractivity contribution in [3.63, 3.8) is 0 Å². The zero-order chi connectivity index (χ0) is 15.9. The zero-order valence-electron chi connectivity index (χ0n) is 13.0. The molecule has 1 aliphatic carbocycles. The predicted molar refractivity (Wildman–Crippen MR) is 81.3 cm³/mol. The first kappa shape index (κ1) is 16.2. The summed E-state index contributed by atoms with van der Waals surface area (Å²) in [6.45, 7) is 1.58. The lowest BCUT2D eigenvalue weighted by atomic mass is 10.2. The monoisotopic (exact) mass is 306 g/mol. The highest BCUT2D eigenvalue weighted by Gasteiger charge is 2.23. The van der Waals surface area contributed by atoms with E-state index in [1.165, 1.54) is 0 Å². The minimum atomic E-state index is -0.793. The summed E-state index contributed by atoms with van der Waals surface area (Å²) >= 11 is 0. The van der Waals surface area contributed by atoms with Crippen LogP contribution in [0.4, 0.5) is 5.95 Å². The molecule has 1 aromatic rings. The van der Waals surface area contributed by atoms with Crippen molar-refractivity contribution in [1.29, 1.82) is 0 Å². The van der Waals surface area contributed by atoms with Crippen molar-refractivity contribution in [3.8, 4) is 0 Å². The van der Waals surface area contributed by atoms with Crippen molar-refractivity contribution < 1.29 is 14.3 Å². The van der Waals surface area contributed by atoms with E-state index in [4.69, 9.17) is 4.74 Å². The first-order valence-electron chi connectivity index (χ1n) is 7.54. The van der Waals surface area contributed by atoms with Gasteiger partial charge in [0.2, 0.25) is 5.95 Å². The van der Waals surface area contributed by atoms with Crippen molar-refractivity contribution in [2.45, 2.75) is 44.8 Å². The van der Waals surface area contributed by atoms with Gasteiger partial charge in [-0.2, -0.15) is 0 Å². The maximum atomic E-state index is 12.0. The minimum absolute atomic E-state index is 0.00887. The smallest absolute Gasteiger partial charge is 0.326 e. The SMILES string of the molecule is C[C@@H](OC(=O)CN(C)c1ncccn1)C(=O)NC1CCCC1. The van der Waals surface area contributed by atoms with Crippen LogP contribution in [0.2, 0.25) is 0 Å². The minimum Gasteiger partial charge on any atom is -0.451 e. The zero-order valence-corrected chi connectivity index (χ0v) is 13.0. The molecule has 120 valence electrons. The summed E-state index contributed by atoms with van der Waals surface area (Å²) in [5, 5.41) is 2.91. The number of carbonyl (C=O) groups is 2. The number of hydrogen-bond acceptors (Lipinski definition) is 6. The lowest BCUT2D eigenvalue weighted by Crippen LogP contribution is -2.42. The van der Waals surface area contributed by atoms with Crippen LogP contribution in [0.25, 0.3) is 0 Å². The standard InChI is InChI=1S/C15H22N4O3/c1-11(14(21)18-12-6-3-4-7-12)22-13(20)10-19(2)15-16-8-5-9-17-15/h5,8-9,11-12H,3-4,6-7,10H2,1-2H3,(H,18,21)/t11-/m1/s1. The summed E-state index contributed by atoms with van der Waals surface area (Å²) in [5.41, 5.74) is 0. The topological polar surface area (TPSA) is 84.4 Å². The van der Waals surface area contributed by atoms with E-state index in [2.05, 4.69) is 15.3 Å². The fraction of sp³-hybridized carbons (Fsp3) is 0.600. The molecule has 1 fully saturated rings. The molecule has 7 heteroatoms. The molecule has 1 aliphatic rings. The highest BCUT2D eigenvalue weighted by molar-refractivity contribution is 5.84. The fourth-order valence-electron chi connectivity index (χ4n) is 2.43. The Kier molecular flexibility index (Phi) is 5.68. The molecule has 2 rings (SSSR count). The van der Waals surface area contributed by atoms with E-state index in [1.54, 1.807) is 37.3 Å². The van der Waals surface area contributed by atoms with Gasteiger partial charge in [0, 0.05) is 25.5 Å². The molecule has 0 radical (unpaired) electrons. The maximum absolute atomic E-state index is 12.0. The number of amides is 1. The van der Waals surface area contributed by atoms with Gasteiger partial charge in [0.15, 0.2) is 6.10 Å². The second kappa shape index (κ2) is 7.72. The van der Waals surface area contributed by atoms with Crippen molar-refractivity contribution in [1.82, 2.24) is 15.3 Å². The van der Waals surface area contributed by atoms with Crippen molar-refractivity contribution in [3.05, 3.63) is 18.5 Å². The van der Waals surface area contributed by atoms with E-state index in [9.17, 15) is 9.59 Å². The van der Waals surface area contributed by atoms with E-state index in [0.29, 0.717) is 5.95 Å². The van der Waals surface area contributed by atoms with Gasteiger partial charge in [0.25, 0.3) is 5.91 Å². The fourth-order valence-corrected chi connectivity index (χ4v) is 2.43. The Bertz CT molecular complexity index is 503. The van der Waals surface area contributed by atoms with Gasteiger partial charge in [0.05, 0.1) is 0 Å². The molecule has 1 saturated carbocycles. The number of rotatable bonds is 6. The van der Waals surface area contributed by atoms with Crippen LogP contribution in [0.1, 0.15) is 32.6 Å². The Morgan fingerprint density at radius 3 is 2.64 bits per heavy atom. The van der Waals surface area contributed by atoms with Crippen molar-refractivity contribution >= 4 is 17.8 Å². The summed E-state index contributed by atoms with van der Waals surface area (Å²) in [6.07, 6.45) is 6.69. The van der Waals surface area contributed by atoms with Gasteiger partial charge in [-0.25, -0.2) is 9.97 Å². The number of hydrogen-bond donors (Lipinski definition) is 1. The largest absolute Gasteiger partial charge is 0.451 e. The van der Waals surface area contributed by atoms with Crippen molar-refractivity contribution in [2.24, 2.45) is 0 Å². The molecule has 0 unspecified atom stereocenters. The Labute approximate surface area is 130 Å². The molecule has 1 amide bonds. The van der Waals surface area contributed by atoms with Gasteiger partial charge in [0.1, 0.15) is 6.54 Å². The van der Waals surface area contributed by atoms with Gasteiger partial charge in [-0.05, 0) is 25.8 Å². The third-order valence-electron chi connectivity index (χ3n) is 3.64. The summed E-state index contributed by atoms with van der Waals surface area (Å²) in [6, 6.07) is 1.92. The Morgan fingerprint density at radius 1 is 1.36 bits per heavy atom. The van der Waals surface area contributed by atoms with E-state index >= 15 is 0 Å². The first-order valence-corrected chi connectivity index (χ1v) is 7.54. The van der Waals surface area contributed by atoms with Gasteiger partial charge in [-0.15, -0.1) is 0 Å². The molecule has 0 spiro atoms. The number of esters is 1. The summed E-state index contributed by atoms with van der Waals surface area (Å²) in [4.78, 5) is 33.5. The van der Waals surface area contributed by atoms with Gasteiger partial charge in [-0.1, -0.05) is 12.8 Å². The molecule has 0 saturated heterocycles. The van der Waals surface area contributed by atoms with Crippen LogP contribution in [0.3, 0.4) is 0 Å². The van der Waals surface area contributed by atoms with Gasteiger partial charge < -0.3 is 15.0 Å². The lowest BCUT2D eigenvalue weighted by molar-refractivity contribution is -0.153. The molecule has 1 atom stereocenters. The molecule has 22 heavy (non-hydrogen) atoms. The van der Waals surface area contributed by atoms with E-state index in [-0.39, 0.29) is 18.5 Å². The number of aromatic nitrogens is 2. The average molecular weight is 306 g/mol. The average Bonchev–Trinajstić information content (AvgIpc) is 3.00. The predicted octanol–water partition coefficient (Wildman–Crippen LogP) is 0.903. The summed E-state index contributed by atoms with van der Waals surface area (Å²) in [7, 11) is 1.69. The van der Waals surface area contributed by atoms with Crippen LogP contribution in [-0.2, 0) is 14.3 Å². The number of ether oxygens (including phenoxy) is 1. The number of nitrogens with zero attached hydrogens (tertiary/aromatic N) is 3. The number of anilines is 1. The number of carbonyl (C=O) groups excluding carboxylic acids is 2. The molecule has 1 aromatic heterocycles. The third-order valence-corrected chi connectivity index (χ3v) is 3.64. The highest BCUT2D eigenvalue weighted by atomic mass is 16.5. The van der Waals surface area contributed by atoms with E-state index in [0.717, 1.165) is 25.7 Å². The summed E-state index contributed by atoms with van der Waals surface area (Å²) < 4.78 is 5.17. The van der Waals surface area contributed by atoms with Gasteiger partial charge in [-0.3, -0.25) is 9.59 Å². The molecule has 0 aromatic carbocycles. The number of likely N-dealkylation sites (N-methyl/N-ethyl adjacent to an activating group) is 1. The first-order chi connectivity index (χ1) is 10.6. The Morgan fingerprint density at radius 2 is 2.00 bits per heavy atom. The second-order valence-corrected chi connectivity index (χ2v) is 5.53. The molecule has 7 nitrogen and oxygen atoms in total. The normalized spacial score (nSPS) is 16.1. The van der Waals surface area contributed by atoms with Crippen molar-refractivity contribution in [2.75, 3.05) is 18.5 Å². The van der Waals surface area contributed by atoms with E-state index in [1.807, 2.05) is 0 Å². The lowest BCUT2D eigenvalue weighted by Gasteiger charge is -2.19. The molecule has 1 heterocycles. The Hall–Kier alpha value is -2.18. The van der Waals surface area contributed by atoms with Crippen LogP contribution in [-0.4, -0.2) is 47.6 Å².